The van der Waals surface area contributed by atoms with Crippen LogP contribution in [0.1, 0.15) is 34.6 Å². The molecule has 1 aromatic carbocycles. The van der Waals surface area contributed by atoms with Crippen molar-refractivity contribution in [2.75, 3.05) is 0 Å². The third-order valence-electron chi connectivity index (χ3n) is 3.52. The molecule has 0 spiro atoms. The van der Waals surface area contributed by atoms with Crippen LogP contribution in [0, 0.1) is 20.8 Å². The lowest BCUT2D eigenvalue weighted by Crippen LogP contribution is -2.23. The molecule has 0 saturated heterocycles. The average molecular weight is 272 g/mol. The molecule has 0 saturated carbocycles. The van der Waals surface area contributed by atoms with Crippen molar-refractivity contribution in [2.24, 2.45) is 0 Å². The molecule has 106 valence electrons. The third-order valence-corrected chi connectivity index (χ3v) is 3.52. The van der Waals surface area contributed by atoms with Gasteiger partial charge in [-0.3, -0.25) is 4.79 Å². The van der Waals surface area contributed by atoms with Crippen LogP contribution in [0.5, 0.6) is 0 Å². The summed E-state index contributed by atoms with van der Waals surface area (Å²) in [6, 6.07) is 8.06. The Hall–Kier alpha value is -2.10. The summed E-state index contributed by atoms with van der Waals surface area (Å²) in [7, 11) is 0. The Labute approximate surface area is 119 Å². The fourth-order valence-electron chi connectivity index (χ4n) is 2.19. The Morgan fingerprint density at radius 3 is 2.65 bits per heavy atom. The maximum Gasteiger partial charge on any atom is 0.220 e. The zero-order valence-electron chi connectivity index (χ0n) is 12.2. The van der Waals surface area contributed by atoms with E-state index in [1.807, 2.05) is 45.0 Å². The summed E-state index contributed by atoms with van der Waals surface area (Å²) < 4.78 is 5.09. The Morgan fingerprint density at radius 2 is 2.00 bits per heavy atom. The van der Waals surface area contributed by atoms with Gasteiger partial charge < -0.3 is 9.84 Å². The molecule has 1 aromatic heterocycles. The molecule has 0 aliphatic rings. The van der Waals surface area contributed by atoms with E-state index in [9.17, 15) is 4.79 Å². The lowest BCUT2D eigenvalue weighted by Gasteiger charge is -2.07. The van der Waals surface area contributed by atoms with Crippen molar-refractivity contribution in [2.45, 2.75) is 40.2 Å². The molecule has 20 heavy (non-hydrogen) atoms. The minimum Gasteiger partial charge on any atom is -0.361 e. The first-order valence-electron chi connectivity index (χ1n) is 6.81. The van der Waals surface area contributed by atoms with E-state index >= 15 is 0 Å². The van der Waals surface area contributed by atoms with Gasteiger partial charge in [0, 0.05) is 18.5 Å². The lowest BCUT2D eigenvalue weighted by molar-refractivity contribution is -0.121. The van der Waals surface area contributed by atoms with Gasteiger partial charge in [0.05, 0.1) is 5.69 Å². The molecule has 0 aliphatic heterocycles. The molecule has 2 aromatic rings. The zero-order chi connectivity index (χ0) is 14.5. The van der Waals surface area contributed by atoms with Crippen LogP contribution in [0.3, 0.4) is 0 Å². The second-order valence-corrected chi connectivity index (χ2v) is 5.01. The third kappa shape index (κ3) is 3.47. The summed E-state index contributed by atoms with van der Waals surface area (Å²) in [5.41, 5.74) is 4.25. The summed E-state index contributed by atoms with van der Waals surface area (Å²) in [5, 5.41) is 6.84. The van der Waals surface area contributed by atoms with E-state index in [0.29, 0.717) is 19.4 Å². The fraction of sp³-hybridized carbons (Fsp3) is 0.375. The lowest BCUT2D eigenvalue weighted by atomic mass is 10.1. The molecule has 0 atom stereocenters. The van der Waals surface area contributed by atoms with Crippen LogP contribution in [0.4, 0.5) is 0 Å². The van der Waals surface area contributed by atoms with E-state index in [1.165, 1.54) is 5.56 Å². The van der Waals surface area contributed by atoms with Gasteiger partial charge in [-0.2, -0.15) is 0 Å². The molecule has 0 bridgehead atoms. The summed E-state index contributed by atoms with van der Waals surface area (Å²) in [5.74, 6) is 0.849. The first-order valence-corrected chi connectivity index (χ1v) is 6.81. The number of hydrogen-bond acceptors (Lipinski definition) is 3. The van der Waals surface area contributed by atoms with E-state index in [4.69, 9.17) is 4.52 Å². The number of rotatable bonds is 5. The number of benzene rings is 1. The van der Waals surface area contributed by atoms with Gasteiger partial charge >= 0.3 is 0 Å². The molecule has 0 radical (unpaired) electrons. The normalized spacial score (nSPS) is 10.6. The number of hydrogen-bond donors (Lipinski definition) is 1. The van der Waals surface area contributed by atoms with Gasteiger partial charge in [-0.05, 0) is 38.3 Å². The van der Waals surface area contributed by atoms with Crippen molar-refractivity contribution in [3.63, 3.8) is 0 Å². The number of aromatic nitrogens is 1. The van der Waals surface area contributed by atoms with Crippen LogP contribution in [-0.2, 0) is 17.8 Å². The van der Waals surface area contributed by atoms with Gasteiger partial charge in [-0.15, -0.1) is 0 Å². The first kappa shape index (κ1) is 14.3. The Balaban J connectivity index is 1.83. The molecule has 1 N–H and O–H groups in total. The molecule has 1 amide bonds. The Morgan fingerprint density at radius 1 is 1.25 bits per heavy atom. The zero-order valence-corrected chi connectivity index (χ0v) is 12.2. The van der Waals surface area contributed by atoms with E-state index < -0.39 is 0 Å². The molecule has 4 heteroatoms. The van der Waals surface area contributed by atoms with Crippen molar-refractivity contribution in [1.82, 2.24) is 10.5 Å². The molecule has 0 aliphatic carbocycles. The van der Waals surface area contributed by atoms with Crippen molar-refractivity contribution in [1.29, 1.82) is 0 Å². The van der Waals surface area contributed by atoms with Gasteiger partial charge in [0.2, 0.25) is 5.91 Å². The molecule has 2 rings (SSSR count). The van der Waals surface area contributed by atoms with Gasteiger partial charge in [-0.25, -0.2) is 0 Å². The second-order valence-electron chi connectivity index (χ2n) is 5.01. The van der Waals surface area contributed by atoms with E-state index in [-0.39, 0.29) is 5.91 Å². The minimum atomic E-state index is 0.0493. The predicted octanol–water partition coefficient (Wildman–Crippen LogP) is 2.85. The number of amides is 1. The highest BCUT2D eigenvalue weighted by molar-refractivity contribution is 5.76. The summed E-state index contributed by atoms with van der Waals surface area (Å²) in [4.78, 5) is 11.9. The van der Waals surface area contributed by atoms with Gasteiger partial charge in [0.1, 0.15) is 5.76 Å². The van der Waals surface area contributed by atoms with Gasteiger partial charge in [-0.1, -0.05) is 29.4 Å². The van der Waals surface area contributed by atoms with Gasteiger partial charge in [0.25, 0.3) is 0 Å². The van der Waals surface area contributed by atoms with Crippen molar-refractivity contribution in [3.8, 4) is 0 Å². The number of carbonyl (C=O) groups is 1. The smallest absolute Gasteiger partial charge is 0.220 e. The van der Waals surface area contributed by atoms with Crippen molar-refractivity contribution < 1.29 is 9.32 Å². The molecule has 1 heterocycles. The maximum absolute atomic E-state index is 11.9. The number of nitrogens with zero attached hydrogens (tertiary/aromatic N) is 1. The Bertz CT molecular complexity index is 583. The van der Waals surface area contributed by atoms with Crippen molar-refractivity contribution in [3.05, 3.63) is 52.4 Å². The fourth-order valence-corrected chi connectivity index (χ4v) is 2.19. The van der Waals surface area contributed by atoms with Gasteiger partial charge in [0.15, 0.2) is 0 Å². The first-order chi connectivity index (χ1) is 9.58. The number of carbonyl (C=O) groups excluding carboxylic acids is 1. The van der Waals surface area contributed by atoms with Crippen LogP contribution >= 0.6 is 0 Å². The molecular formula is C16H20N2O2. The Kier molecular flexibility index (Phi) is 4.56. The quantitative estimate of drug-likeness (QED) is 0.910. The highest BCUT2D eigenvalue weighted by atomic mass is 16.5. The van der Waals surface area contributed by atoms with E-state index in [2.05, 4.69) is 10.5 Å². The van der Waals surface area contributed by atoms with Crippen LogP contribution in [0.15, 0.2) is 28.8 Å². The predicted molar refractivity (Wildman–Crippen MR) is 77.3 cm³/mol. The average Bonchev–Trinajstić information content (AvgIpc) is 2.75. The number of nitrogens with one attached hydrogen (secondary N) is 1. The standard InChI is InChI=1S/C16H20N2O2/c1-11-6-4-5-7-14(11)10-17-16(19)9-8-15-12(2)18-20-13(15)3/h4-7H,8-10H2,1-3H3,(H,17,19). The second kappa shape index (κ2) is 6.37. The summed E-state index contributed by atoms with van der Waals surface area (Å²) in [6.07, 6.45) is 1.12. The number of aryl methyl sites for hydroxylation is 3. The van der Waals surface area contributed by atoms with Crippen LogP contribution < -0.4 is 5.32 Å². The van der Waals surface area contributed by atoms with Crippen molar-refractivity contribution >= 4 is 5.91 Å². The monoisotopic (exact) mass is 272 g/mol. The molecule has 0 fully saturated rings. The van der Waals surface area contributed by atoms with E-state index in [1.54, 1.807) is 0 Å². The van der Waals surface area contributed by atoms with Crippen LogP contribution in [-0.4, -0.2) is 11.1 Å². The molecule has 4 nitrogen and oxygen atoms in total. The topological polar surface area (TPSA) is 55.1 Å². The SMILES string of the molecule is Cc1ccccc1CNC(=O)CCc1c(C)noc1C. The largest absolute Gasteiger partial charge is 0.361 e. The highest BCUT2D eigenvalue weighted by Crippen LogP contribution is 2.14. The summed E-state index contributed by atoms with van der Waals surface area (Å²) >= 11 is 0. The maximum atomic E-state index is 11.9. The van der Waals surface area contributed by atoms with Crippen LogP contribution in [0.25, 0.3) is 0 Å². The molecule has 0 unspecified atom stereocenters. The summed E-state index contributed by atoms with van der Waals surface area (Å²) in [6.45, 7) is 6.40. The molecular weight excluding hydrogens is 252 g/mol. The minimum absolute atomic E-state index is 0.0493. The van der Waals surface area contributed by atoms with E-state index in [0.717, 1.165) is 22.6 Å². The highest BCUT2D eigenvalue weighted by Gasteiger charge is 2.11. The van der Waals surface area contributed by atoms with Crippen LogP contribution in [0.2, 0.25) is 0 Å².